The van der Waals surface area contributed by atoms with Crippen LogP contribution in [0.4, 0.5) is 0 Å². The van der Waals surface area contributed by atoms with Crippen molar-refractivity contribution >= 4 is 0 Å². The van der Waals surface area contributed by atoms with Gasteiger partial charge in [-0.25, -0.2) is 0 Å². The molecule has 2 N–H and O–H groups in total. The van der Waals surface area contributed by atoms with Gasteiger partial charge >= 0.3 is 0 Å². The van der Waals surface area contributed by atoms with Crippen LogP contribution in [0.5, 0.6) is 5.75 Å². The van der Waals surface area contributed by atoms with Crippen LogP contribution in [0.25, 0.3) is 0 Å². The van der Waals surface area contributed by atoms with Gasteiger partial charge in [-0.2, -0.15) is 5.10 Å². The first-order chi connectivity index (χ1) is 9.67. The SMILES string of the molecule is COc1ccc(CN2Cc3[nH]nc(C(C)O)c3C2)cc1. The molecule has 2 aromatic rings. The molecule has 1 aliphatic rings. The summed E-state index contributed by atoms with van der Waals surface area (Å²) in [4.78, 5) is 2.33. The number of hydrogen-bond donors (Lipinski definition) is 2. The Morgan fingerprint density at radius 3 is 2.75 bits per heavy atom. The highest BCUT2D eigenvalue weighted by molar-refractivity contribution is 5.31. The lowest BCUT2D eigenvalue weighted by molar-refractivity contribution is 0.190. The van der Waals surface area contributed by atoms with Gasteiger partial charge in [-0.1, -0.05) is 12.1 Å². The van der Waals surface area contributed by atoms with Crippen molar-refractivity contribution in [2.24, 2.45) is 0 Å². The third-order valence-electron chi connectivity index (χ3n) is 3.71. The highest BCUT2D eigenvalue weighted by Gasteiger charge is 2.26. The summed E-state index contributed by atoms with van der Waals surface area (Å²) in [6, 6.07) is 8.12. The van der Waals surface area contributed by atoms with E-state index in [0.717, 1.165) is 42.3 Å². The summed E-state index contributed by atoms with van der Waals surface area (Å²) in [6.45, 7) is 4.31. The minimum atomic E-state index is -0.518. The minimum absolute atomic E-state index is 0.518. The second-order valence-corrected chi connectivity index (χ2v) is 5.24. The molecular weight excluding hydrogens is 254 g/mol. The average Bonchev–Trinajstić information content (AvgIpc) is 2.98. The first kappa shape index (κ1) is 13.1. The van der Waals surface area contributed by atoms with Gasteiger partial charge < -0.3 is 9.84 Å². The van der Waals surface area contributed by atoms with Crippen molar-refractivity contribution in [3.8, 4) is 5.75 Å². The van der Waals surface area contributed by atoms with E-state index >= 15 is 0 Å². The Labute approximate surface area is 118 Å². The lowest BCUT2D eigenvalue weighted by Gasteiger charge is -2.15. The summed E-state index contributed by atoms with van der Waals surface area (Å²) in [6.07, 6.45) is -0.518. The molecule has 1 aromatic heterocycles. The zero-order valence-corrected chi connectivity index (χ0v) is 11.8. The number of hydrogen-bond acceptors (Lipinski definition) is 4. The van der Waals surface area contributed by atoms with Gasteiger partial charge in [-0.15, -0.1) is 0 Å². The van der Waals surface area contributed by atoms with E-state index in [9.17, 15) is 5.11 Å². The molecule has 5 heteroatoms. The maximum Gasteiger partial charge on any atom is 0.118 e. The van der Waals surface area contributed by atoms with Gasteiger partial charge in [0.15, 0.2) is 0 Å². The molecule has 0 aliphatic carbocycles. The van der Waals surface area contributed by atoms with Gasteiger partial charge in [0, 0.05) is 25.2 Å². The number of aromatic nitrogens is 2. The molecule has 0 saturated carbocycles. The largest absolute Gasteiger partial charge is 0.497 e. The van der Waals surface area contributed by atoms with E-state index in [4.69, 9.17) is 4.74 Å². The van der Waals surface area contributed by atoms with Crippen LogP contribution in [0.3, 0.4) is 0 Å². The molecule has 1 aliphatic heterocycles. The van der Waals surface area contributed by atoms with Crippen LogP contribution in [-0.2, 0) is 19.6 Å². The molecule has 0 saturated heterocycles. The fourth-order valence-electron chi connectivity index (χ4n) is 2.67. The molecule has 1 unspecified atom stereocenters. The smallest absolute Gasteiger partial charge is 0.118 e. The van der Waals surface area contributed by atoms with Crippen molar-refractivity contribution in [2.75, 3.05) is 7.11 Å². The fraction of sp³-hybridized carbons (Fsp3) is 0.400. The summed E-state index contributed by atoms with van der Waals surface area (Å²) in [5, 5.41) is 16.9. The van der Waals surface area contributed by atoms with Crippen molar-refractivity contribution in [2.45, 2.75) is 32.7 Å². The van der Waals surface area contributed by atoms with Crippen LogP contribution in [0.15, 0.2) is 24.3 Å². The quantitative estimate of drug-likeness (QED) is 0.894. The van der Waals surface area contributed by atoms with Crippen molar-refractivity contribution in [1.29, 1.82) is 0 Å². The number of aromatic amines is 1. The molecule has 0 radical (unpaired) electrons. The minimum Gasteiger partial charge on any atom is -0.497 e. The average molecular weight is 273 g/mol. The Balaban J connectivity index is 1.69. The molecule has 0 spiro atoms. The van der Waals surface area contributed by atoms with Crippen LogP contribution in [0.1, 0.15) is 35.5 Å². The molecule has 0 amide bonds. The van der Waals surface area contributed by atoms with Crippen molar-refractivity contribution < 1.29 is 9.84 Å². The van der Waals surface area contributed by atoms with Gasteiger partial charge in [0.1, 0.15) is 5.75 Å². The topological polar surface area (TPSA) is 61.4 Å². The van der Waals surface area contributed by atoms with Gasteiger partial charge in [0.25, 0.3) is 0 Å². The van der Waals surface area contributed by atoms with Crippen LogP contribution >= 0.6 is 0 Å². The zero-order chi connectivity index (χ0) is 14.1. The van der Waals surface area contributed by atoms with Crippen LogP contribution in [0.2, 0.25) is 0 Å². The predicted octanol–water partition coefficient (Wildman–Crippen LogP) is 1.99. The standard InChI is InChI=1S/C15H19N3O2/c1-10(19)15-13-8-18(9-14(13)16-17-15)7-11-3-5-12(20-2)6-4-11/h3-6,10,19H,7-9H2,1-2H3,(H,16,17). The summed E-state index contributed by atoms with van der Waals surface area (Å²) in [5.74, 6) is 0.876. The Morgan fingerprint density at radius 2 is 2.10 bits per heavy atom. The number of aliphatic hydroxyl groups is 1. The lowest BCUT2D eigenvalue weighted by Crippen LogP contribution is -2.16. The maximum absolute atomic E-state index is 9.70. The molecule has 0 fully saturated rings. The van der Waals surface area contributed by atoms with Gasteiger partial charge in [0.2, 0.25) is 0 Å². The van der Waals surface area contributed by atoms with Crippen molar-refractivity contribution in [3.05, 3.63) is 46.8 Å². The van der Waals surface area contributed by atoms with E-state index < -0.39 is 6.10 Å². The Kier molecular flexibility index (Phi) is 3.46. The number of aliphatic hydroxyl groups excluding tert-OH is 1. The van der Waals surface area contributed by atoms with Crippen LogP contribution < -0.4 is 4.74 Å². The van der Waals surface area contributed by atoms with E-state index in [1.807, 2.05) is 12.1 Å². The number of nitrogens with zero attached hydrogens (tertiary/aromatic N) is 2. The maximum atomic E-state index is 9.70. The van der Waals surface area contributed by atoms with Gasteiger partial charge in [0.05, 0.1) is 24.6 Å². The summed E-state index contributed by atoms with van der Waals surface area (Å²) in [7, 11) is 1.67. The molecule has 3 rings (SSSR count). The highest BCUT2D eigenvalue weighted by Crippen LogP contribution is 2.28. The van der Waals surface area contributed by atoms with Gasteiger partial charge in [-0.3, -0.25) is 10.00 Å². The first-order valence-electron chi connectivity index (χ1n) is 6.76. The van der Waals surface area contributed by atoms with Crippen LogP contribution in [-0.4, -0.2) is 27.3 Å². The predicted molar refractivity (Wildman–Crippen MR) is 75.2 cm³/mol. The van der Waals surface area contributed by atoms with E-state index in [-0.39, 0.29) is 0 Å². The Hall–Kier alpha value is -1.85. The van der Waals surface area contributed by atoms with E-state index in [0.29, 0.717) is 0 Å². The highest BCUT2D eigenvalue weighted by atomic mass is 16.5. The number of ether oxygens (including phenoxy) is 1. The molecule has 2 heterocycles. The molecule has 20 heavy (non-hydrogen) atoms. The molecule has 106 valence electrons. The molecule has 5 nitrogen and oxygen atoms in total. The van der Waals surface area contributed by atoms with Crippen molar-refractivity contribution in [1.82, 2.24) is 15.1 Å². The Bertz CT molecular complexity index is 590. The fourth-order valence-corrected chi connectivity index (χ4v) is 2.67. The molecule has 1 aromatic carbocycles. The number of H-pyrrole nitrogens is 1. The number of rotatable bonds is 4. The number of benzene rings is 1. The lowest BCUT2D eigenvalue weighted by atomic mass is 10.1. The summed E-state index contributed by atoms with van der Waals surface area (Å²) >= 11 is 0. The molecule has 1 atom stereocenters. The number of nitrogens with one attached hydrogen (secondary N) is 1. The van der Waals surface area contributed by atoms with E-state index in [2.05, 4.69) is 27.2 Å². The second kappa shape index (κ2) is 5.26. The summed E-state index contributed by atoms with van der Waals surface area (Å²) in [5.41, 5.74) is 4.29. The van der Waals surface area contributed by atoms with Crippen LogP contribution in [0, 0.1) is 0 Å². The molecular formula is C15H19N3O2. The third-order valence-corrected chi connectivity index (χ3v) is 3.71. The Morgan fingerprint density at radius 1 is 1.35 bits per heavy atom. The number of methoxy groups -OCH3 is 1. The van der Waals surface area contributed by atoms with Crippen molar-refractivity contribution in [3.63, 3.8) is 0 Å². The normalized spacial score (nSPS) is 16.1. The first-order valence-corrected chi connectivity index (χ1v) is 6.76. The molecule has 0 bridgehead atoms. The van der Waals surface area contributed by atoms with E-state index in [1.54, 1.807) is 14.0 Å². The third kappa shape index (κ3) is 2.42. The monoisotopic (exact) mass is 273 g/mol. The zero-order valence-electron chi connectivity index (χ0n) is 11.8. The second-order valence-electron chi connectivity index (χ2n) is 5.24. The summed E-state index contributed by atoms with van der Waals surface area (Å²) < 4.78 is 5.16. The van der Waals surface area contributed by atoms with E-state index in [1.165, 1.54) is 5.56 Å². The van der Waals surface area contributed by atoms with Gasteiger partial charge in [-0.05, 0) is 24.6 Å². The number of fused-ring (bicyclic) bond motifs is 1.